The summed E-state index contributed by atoms with van der Waals surface area (Å²) in [5.74, 6) is 0.289. The minimum absolute atomic E-state index is 0.119. The molecule has 0 aliphatic carbocycles. The topological polar surface area (TPSA) is 80.2 Å². The van der Waals surface area contributed by atoms with Gasteiger partial charge in [-0.25, -0.2) is 5.43 Å². The standard InChI is InChI=1S/C19H19BrClN3O4/c1-24(2)17(25)11-28-18-15(20)8-12(9-16(18)27-3)10-22-23-19(26)13-4-6-14(21)7-5-13/h4-10H,11H2,1-3H3,(H,23,26). The van der Waals surface area contributed by atoms with Crippen LogP contribution in [0.5, 0.6) is 11.5 Å². The van der Waals surface area contributed by atoms with Crippen LogP contribution in [0.3, 0.4) is 0 Å². The lowest BCUT2D eigenvalue weighted by molar-refractivity contribution is -0.130. The Morgan fingerprint density at radius 3 is 2.54 bits per heavy atom. The fourth-order valence-electron chi connectivity index (χ4n) is 2.05. The molecule has 2 rings (SSSR count). The summed E-state index contributed by atoms with van der Waals surface area (Å²) < 4.78 is 11.5. The summed E-state index contributed by atoms with van der Waals surface area (Å²) in [6.45, 7) is -0.119. The van der Waals surface area contributed by atoms with E-state index in [4.69, 9.17) is 21.1 Å². The van der Waals surface area contributed by atoms with Crippen molar-refractivity contribution in [3.8, 4) is 11.5 Å². The predicted molar refractivity (Wildman–Crippen MR) is 111 cm³/mol. The lowest BCUT2D eigenvalue weighted by atomic mass is 10.2. The average molecular weight is 469 g/mol. The van der Waals surface area contributed by atoms with Gasteiger partial charge >= 0.3 is 0 Å². The first kappa shape index (κ1) is 21.7. The highest BCUT2D eigenvalue weighted by Gasteiger charge is 2.14. The van der Waals surface area contributed by atoms with Gasteiger partial charge in [-0.05, 0) is 57.9 Å². The lowest BCUT2D eigenvalue weighted by Gasteiger charge is -2.15. The molecule has 148 valence electrons. The van der Waals surface area contributed by atoms with Crippen molar-refractivity contribution in [1.82, 2.24) is 10.3 Å². The summed E-state index contributed by atoms with van der Waals surface area (Å²) in [5, 5.41) is 4.50. The van der Waals surface area contributed by atoms with Gasteiger partial charge in [0.2, 0.25) is 0 Å². The van der Waals surface area contributed by atoms with E-state index in [0.717, 1.165) is 0 Å². The molecule has 0 unspecified atom stereocenters. The number of hydrazone groups is 1. The Balaban J connectivity index is 2.08. The van der Waals surface area contributed by atoms with Gasteiger partial charge in [0, 0.05) is 24.7 Å². The Labute approximate surface area is 176 Å². The molecule has 0 aromatic heterocycles. The number of halogens is 2. The number of likely N-dealkylation sites (N-methyl/N-ethyl adjacent to an activating group) is 1. The van der Waals surface area contributed by atoms with Crippen LogP contribution >= 0.6 is 27.5 Å². The summed E-state index contributed by atoms with van der Waals surface area (Å²) in [4.78, 5) is 25.2. The number of nitrogens with zero attached hydrogens (tertiary/aromatic N) is 2. The number of methoxy groups -OCH3 is 1. The third kappa shape index (κ3) is 5.97. The quantitative estimate of drug-likeness (QED) is 0.499. The fourth-order valence-corrected chi connectivity index (χ4v) is 2.75. The maximum Gasteiger partial charge on any atom is 0.271 e. The zero-order chi connectivity index (χ0) is 20.7. The van der Waals surface area contributed by atoms with Crippen LogP contribution in [0.25, 0.3) is 0 Å². The van der Waals surface area contributed by atoms with E-state index in [1.165, 1.54) is 18.2 Å². The third-order valence-corrected chi connectivity index (χ3v) is 4.42. The number of amides is 2. The molecule has 28 heavy (non-hydrogen) atoms. The normalized spacial score (nSPS) is 10.6. The molecule has 0 heterocycles. The number of carbonyl (C=O) groups excluding carboxylic acids is 2. The van der Waals surface area contributed by atoms with Crippen LogP contribution in [0.1, 0.15) is 15.9 Å². The van der Waals surface area contributed by atoms with E-state index >= 15 is 0 Å². The average Bonchev–Trinajstić information content (AvgIpc) is 2.66. The van der Waals surface area contributed by atoms with E-state index in [1.807, 2.05) is 0 Å². The Bertz CT molecular complexity index is 885. The van der Waals surface area contributed by atoms with Gasteiger partial charge in [-0.2, -0.15) is 5.10 Å². The number of rotatable bonds is 7. The molecular formula is C19H19BrClN3O4. The molecule has 0 saturated carbocycles. The van der Waals surface area contributed by atoms with E-state index in [-0.39, 0.29) is 18.4 Å². The molecule has 0 radical (unpaired) electrons. The second kappa shape index (κ2) is 10.1. The van der Waals surface area contributed by atoms with Crippen LogP contribution in [-0.2, 0) is 4.79 Å². The van der Waals surface area contributed by atoms with Gasteiger partial charge in [0.15, 0.2) is 18.1 Å². The first-order valence-corrected chi connectivity index (χ1v) is 9.28. The second-order valence-electron chi connectivity index (χ2n) is 5.82. The number of nitrogens with one attached hydrogen (secondary N) is 1. The Hall–Kier alpha value is -2.58. The van der Waals surface area contributed by atoms with E-state index in [9.17, 15) is 9.59 Å². The molecule has 0 aliphatic heterocycles. The van der Waals surface area contributed by atoms with Gasteiger partial charge in [-0.1, -0.05) is 11.6 Å². The van der Waals surface area contributed by atoms with Crippen molar-refractivity contribution < 1.29 is 19.1 Å². The van der Waals surface area contributed by atoms with Crippen molar-refractivity contribution in [2.75, 3.05) is 27.8 Å². The highest BCUT2D eigenvalue weighted by atomic mass is 79.9. The van der Waals surface area contributed by atoms with Gasteiger partial charge in [0.25, 0.3) is 11.8 Å². The SMILES string of the molecule is COc1cc(C=NNC(=O)c2ccc(Cl)cc2)cc(Br)c1OCC(=O)N(C)C. The lowest BCUT2D eigenvalue weighted by Crippen LogP contribution is -2.27. The molecule has 0 saturated heterocycles. The zero-order valence-electron chi connectivity index (χ0n) is 15.5. The van der Waals surface area contributed by atoms with Gasteiger partial charge < -0.3 is 14.4 Å². The molecule has 2 aromatic rings. The van der Waals surface area contributed by atoms with Crippen molar-refractivity contribution in [3.05, 3.63) is 57.0 Å². The molecular weight excluding hydrogens is 450 g/mol. The predicted octanol–water partition coefficient (Wildman–Crippen LogP) is 3.34. The summed E-state index contributed by atoms with van der Waals surface area (Å²) in [5.41, 5.74) is 3.54. The second-order valence-corrected chi connectivity index (χ2v) is 7.11. The van der Waals surface area contributed by atoms with Crippen LogP contribution < -0.4 is 14.9 Å². The highest BCUT2D eigenvalue weighted by molar-refractivity contribution is 9.10. The number of hydrogen-bond acceptors (Lipinski definition) is 5. The summed E-state index contributed by atoms with van der Waals surface area (Å²) in [7, 11) is 4.79. The maximum atomic E-state index is 12.0. The largest absolute Gasteiger partial charge is 0.493 e. The fraction of sp³-hybridized carbons (Fsp3) is 0.211. The van der Waals surface area contributed by atoms with E-state index in [0.29, 0.717) is 32.1 Å². The van der Waals surface area contributed by atoms with Crippen molar-refractivity contribution in [2.24, 2.45) is 5.10 Å². The van der Waals surface area contributed by atoms with Gasteiger partial charge in [-0.15, -0.1) is 0 Å². The van der Waals surface area contributed by atoms with Gasteiger partial charge in [-0.3, -0.25) is 9.59 Å². The van der Waals surface area contributed by atoms with Crippen LogP contribution in [0.2, 0.25) is 5.02 Å². The van der Waals surface area contributed by atoms with E-state index in [1.54, 1.807) is 50.5 Å². The number of ether oxygens (including phenoxy) is 2. The van der Waals surface area contributed by atoms with E-state index < -0.39 is 0 Å². The third-order valence-electron chi connectivity index (χ3n) is 3.58. The molecule has 7 nitrogen and oxygen atoms in total. The molecule has 0 fully saturated rings. The smallest absolute Gasteiger partial charge is 0.271 e. The van der Waals surface area contributed by atoms with Crippen LogP contribution in [0.4, 0.5) is 0 Å². The molecule has 2 aromatic carbocycles. The van der Waals surface area contributed by atoms with Crippen LogP contribution in [0, 0.1) is 0 Å². The number of benzene rings is 2. The van der Waals surface area contributed by atoms with E-state index in [2.05, 4.69) is 26.5 Å². The molecule has 1 N–H and O–H groups in total. The minimum atomic E-state index is -0.360. The number of carbonyl (C=O) groups is 2. The Morgan fingerprint density at radius 1 is 1.25 bits per heavy atom. The summed E-state index contributed by atoms with van der Waals surface area (Å²) in [6, 6.07) is 9.87. The van der Waals surface area contributed by atoms with Gasteiger partial charge in [0.1, 0.15) is 0 Å². The van der Waals surface area contributed by atoms with Crippen molar-refractivity contribution in [1.29, 1.82) is 0 Å². The zero-order valence-corrected chi connectivity index (χ0v) is 17.9. The summed E-state index contributed by atoms with van der Waals surface area (Å²) in [6.07, 6.45) is 1.47. The monoisotopic (exact) mass is 467 g/mol. The van der Waals surface area contributed by atoms with Crippen molar-refractivity contribution in [2.45, 2.75) is 0 Å². The first-order chi connectivity index (χ1) is 13.3. The molecule has 0 atom stereocenters. The minimum Gasteiger partial charge on any atom is -0.493 e. The van der Waals surface area contributed by atoms with Crippen molar-refractivity contribution >= 4 is 45.6 Å². The summed E-state index contributed by atoms with van der Waals surface area (Å²) >= 11 is 9.20. The Kier molecular flexibility index (Phi) is 7.83. The first-order valence-electron chi connectivity index (χ1n) is 8.11. The van der Waals surface area contributed by atoms with Gasteiger partial charge in [0.05, 0.1) is 17.8 Å². The molecule has 9 heteroatoms. The maximum absolute atomic E-state index is 12.0. The Morgan fingerprint density at radius 2 is 1.93 bits per heavy atom. The molecule has 0 aliphatic rings. The molecule has 0 spiro atoms. The van der Waals surface area contributed by atoms with Crippen molar-refractivity contribution in [3.63, 3.8) is 0 Å². The van der Waals surface area contributed by atoms with Crippen LogP contribution in [0.15, 0.2) is 46.0 Å². The molecule has 0 bridgehead atoms. The number of hydrogen-bond donors (Lipinski definition) is 1. The van der Waals surface area contributed by atoms with Crippen LogP contribution in [-0.4, -0.2) is 50.7 Å². The highest BCUT2D eigenvalue weighted by Crippen LogP contribution is 2.36. The molecule has 2 amide bonds.